The molecule has 1 saturated heterocycles. The molecule has 0 spiro atoms. The highest BCUT2D eigenvalue weighted by atomic mass is 127. The molecule has 14 heavy (non-hydrogen) atoms. The Bertz CT molecular complexity index is 367. The minimum absolute atomic E-state index is 0.00150. The second-order valence-corrected chi connectivity index (χ2v) is 4.48. The van der Waals surface area contributed by atoms with Crippen molar-refractivity contribution in [2.45, 2.75) is 12.5 Å². The highest BCUT2D eigenvalue weighted by Crippen LogP contribution is 2.26. The van der Waals surface area contributed by atoms with Crippen LogP contribution in [-0.4, -0.2) is 23.7 Å². The van der Waals surface area contributed by atoms with E-state index in [1.807, 2.05) is 24.3 Å². The average molecular weight is 303 g/mol. The van der Waals surface area contributed by atoms with E-state index in [9.17, 15) is 9.90 Å². The minimum atomic E-state index is -0.515. The topological polar surface area (TPSA) is 40.5 Å². The SMILES string of the molecule is O=C1CC(O)CN1c1ccccc1I. The number of halogens is 1. The maximum Gasteiger partial charge on any atom is 0.229 e. The fourth-order valence-corrected chi connectivity index (χ4v) is 2.27. The number of hydrogen-bond donors (Lipinski definition) is 1. The van der Waals surface area contributed by atoms with E-state index in [2.05, 4.69) is 22.6 Å². The molecule has 1 aromatic rings. The van der Waals surface area contributed by atoms with Crippen molar-refractivity contribution in [1.29, 1.82) is 0 Å². The van der Waals surface area contributed by atoms with E-state index in [1.54, 1.807) is 4.90 Å². The number of aliphatic hydroxyl groups excluding tert-OH is 1. The zero-order chi connectivity index (χ0) is 10.1. The molecule has 1 atom stereocenters. The zero-order valence-corrected chi connectivity index (χ0v) is 9.64. The van der Waals surface area contributed by atoms with Gasteiger partial charge >= 0.3 is 0 Å². The van der Waals surface area contributed by atoms with Gasteiger partial charge in [0, 0.05) is 3.57 Å². The third-order valence-electron chi connectivity index (χ3n) is 2.25. The van der Waals surface area contributed by atoms with Crippen molar-refractivity contribution < 1.29 is 9.90 Å². The summed E-state index contributed by atoms with van der Waals surface area (Å²) in [6.45, 7) is 0.416. The molecule has 1 amide bonds. The average Bonchev–Trinajstić information content (AvgIpc) is 2.46. The van der Waals surface area contributed by atoms with E-state index >= 15 is 0 Å². The number of nitrogens with zero attached hydrogens (tertiary/aromatic N) is 1. The summed E-state index contributed by atoms with van der Waals surface area (Å²) < 4.78 is 1.03. The Hall–Kier alpha value is -0.620. The van der Waals surface area contributed by atoms with Crippen LogP contribution in [0.1, 0.15) is 6.42 Å². The van der Waals surface area contributed by atoms with E-state index in [4.69, 9.17) is 0 Å². The Balaban J connectivity index is 2.32. The van der Waals surface area contributed by atoms with Crippen molar-refractivity contribution in [3.05, 3.63) is 27.8 Å². The first kappa shape index (κ1) is 9.92. The van der Waals surface area contributed by atoms with Gasteiger partial charge in [-0.3, -0.25) is 4.79 Å². The van der Waals surface area contributed by atoms with Crippen LogP contribution in [0.5, 0.6) is 0 Å². The third-order valence-corrected chi connectivity index (χ3v) is 3.16. The fraction of sp³-hybridized carbons (Fsp3) is 0.300. The first-order valence-corrected chi connectivity index (χ1v) is 5.49. The quantitative estimate of drug-likeness (QED) is 0.797. The number of benzene rings is 1. The molecule has 3 nitrogen and oxygen atoms in total. The van der Waals surface area contributed by atoms with Crippen LogP contribution in [0.25, 0.3) is 0 Å². The summed E-state index contributed by atoms with van der Waals surface area (Å²) in [4.78, 5) is 13.1. The number of anilines is 1. The maximum absolute atomic E-state index is 11.5. The first-order valence-electron chi connectivity index (χ1n) is 4.41. The number of amides is 1. The molecule has 74 valence electrons. The van der Waals surface area contributed by atoms with Gasteiger partial charge in [-0.2, -0.15) is 0 Å². The lowest BCUT2D eigenvalue weighted by atomic mass is 10.3. The van der Waals surface area contributed by atoms with Crippen molar-refractivity contribution >= 4 is 34.2 Å². The van der Waals surface area contributed by atoms with Gasteiger partial charge in [0.2, 0.25) is 5.91 Å². The monoisotopic (exact) mass is 303 g/mol. The summed E-state index contributed by atoms with van der Waals surface area (Å²) >= 11 is 2.19. The van der Waals surface area contributed by atoms with Crippen LogP contribution < -0.4 is 4.90 Å². The van der Waals surface area contributed by atoms with E-state index in [0.717, 1.165) is 9.26 Å². The molecule has 0 radical (unpaired) electrons. The molecule has 1 heterocycles. The van der Waals surface area contributed by atoms with Gasteiger partial charge in [0.05, 0.1) is 24.8 Å². The van der Waals surface area contributed by atoms with E-state index in [-0.39, 0.29) is 12.3 Å². The number of hydrogen-bond acceptors (Lipinski definition) is 2. The minimum Gasteiger partial charge on any atom is -0.391 e. The Morgan fingerprint density at radius 2 is 2.14 bits per heavy atom. The molecule has 0 bridgehead atoms. The number of rotatable bonds is 1. The van der Waals surface area contributed by atoms with Crippen LogP contribution in [0.4, 0.5) is 5.69 Å². The summed E-state index contributed by atoms with van der Waals surface area (Å²) in [5.74, 6) is 0.00150. The second kappa shape index (κ2) is 3.86. The van der Waals surface area contributed by atoms with Gasteiger partial charge in [-0.15, -0.1) is 0 Å². The molecular formula is C10H10INO2. The van der Waals surface area contributed by atoms with Crippen LogP contribution >= 0.6 is 22.6 Å². The number of carbonyl (C=O) groups is 1. The van der Waals surface area contributed by atoms with Crippen molar-refractivity contribution in [2.75, 3.05) is 11.4 Å². The van der Waals surface area contributed by atoms with Gasteiger partial charge < -0.3 is 10.0 Å². The van der Waals surface area contributed by atoms with Crippen molar-refractivity contribution in [2.24, 2.45) is 0 Å². The first-order chi connectivity index (χ1) is 6.68. The molecule has 0 aromatic heterocycles. The second-order valence-electron chi connectivity index (χ2n) is 3.31. The van der Waals surface area contributed by atoms with Crippen molar-refractivity contribution in [3.63, 3.8) is 0 Å². The molecule has 4 heteroatoms. The molecule has 1 aliphatic heterocycles. The van der Waals surface area contributed by atoms with Gasteiger partial charge in [-0.25, -0.2) is 0 Å². The van der Waals surface area contributed by atoms with Crippen molar-refractivity contribution in [1.82, 2.24) is 0 Å². The number of aliphatic hydroxyl groups is 1. The molecule has 2 rings (SSSR count). The van der Waals surface area contributed by atoms with Gasteiger partial charge in [0.25, 0.3) is 0 Å². The summed E-state index contributed by atoms with van der Waals surface area (Å²) in [6, 6.07) is 7.68. The Kier molecular flexibility index (Phi) is 2.73. The molecule has 1 N–H and O–H groups in total. The lowest BCUT2D eigenvalue weighted by Gasteiger charge is -2.17. The Morgan fingerprint density at radius 3 is 2.71 bits per heavy atom. The largest absolute Gasteiger partial charge is 0.391 e. The summed E-state index contributed by atoms with van der Waals surface area (Å²) in [5.41, 5.74) is 0.898. The van der Waals surface area contributed by atoms with Crippen LogP contribution in [-0.2, 0) is 4.79 Å². The van der Waals surface area contributed by atoms with Gasteiger partial charge in [-0.1, -0.05) is 12.1 Å². The van der Waals surface area contributed by atoms with E-state index < -0.39 is 6.10 Å². The number of para-hydroxylation sites is 1. The van der Waals surface area contributed by atoms with Crippen LogP contribution in [0.2, 0.25) is 0 Å². The molecule has 0 aliphatic carbocycles. The summed E-state index contributed by atoms with van der Waals surface area (Å²) in [6.07, 6.45) is -0.274. The van der Waals surface area contributed by atoms with E-state index in [0.29, 0.717) is 6.54 Å². The molecule has 1 fully saturated rings. The van der Waals surface area contributed by atoms with E-state index in [1.165, 1.54) is 0 Å². The smallest absolute Gasteiger partial charge is 0.229 e. The third kappa shape index (κ3) is 1.76. The molecule has 0 saturated carbocycles. The van der Waals surface area contributed by atoms with Crippen molar-refractivity contribution in [3.8, 4) is 0 Å². The zero-order valence-electron chi connectivity index (χ0n) is 7.48. The van der Waals surface area contributed by atoms with Crippen LogP contribution in [0, 0.1) is 3.57 Å². The maximum atomic E-state index is 11.5. The van der Waals surface area contributed by atoms with Crippen LogP contribution in [0.3, 0.4) is 0 Å². The fourth-order valence-electron chi connectivity index (χ4n) is 1.59. The predicted octanol–water partition coefficient (Wildman–Crippen LogP) is 1.39. The predicted molar refractivity (Wildman–Crippen MR) is 62.1 cm³/mol. The molecule has 1 unspecified atom stereocenters. The lowest BCUT2D eigenvalue weighted by molar-refractivity contribution is -0.117. The highest BCUT2D eigenvalue weighted by Gasteiger charge is 2.29. The van der Waals surface area contributed by atoms with Gasteiger partial charge in [-0.05, 0) is 34.7 Å². The summed E-state index contributed by atoms with van der Waals surface area (Å²) in [7, 11) is 0. The highest BCUT2D eigenvalue weighted by molar-refractivity contribution is 14.1. The number of carbonyl (C=O) groups excluding carboxylic acids is 1. The molecular weight excluding hydrogens is 293 g/mol. The van der Waals surface area contributed by atoms with Gasteiger partial charge in [0.1, 0.15) is 0 Å². The standard InChI is InChI=1S/C10H10INO2/c11-8-3-1-2-4-9(8)12-6-7(13)5-10(12)14/h1-4,7,13H,5-6H2. The van der Waals surface area contributed by atoms with Crippen LogP contribution in [0.15, 0.2) is 24.3 Å². The lowest BCUT2D eigenvalue weighted by Crippen LogP contribution is -2.25. The Labute approximate surface area is 95.9 Å². The van der Waals surface area contributed by atoms with Gasteiger partial charge in [0.15, 0.2) is 0 Å². The number of β-amino-alcohol motifs (C(OH)–C–C–N with tert-alkyl or cyclic N) is 1. The Morgan fingerprint density at radius 1 is 1.43 bits per heavy atom. The summed E-state index contributed by atoms with van der Waals surface area (Å²) in [5, 5.41) is 9.36. The normalized spacial score (nSPS) is 21.7. The molecule has 1 aliphatic rings. The molecule has 1 aromatic carbocycles.